The van der Waals surface area contributed by atoms with Crippen molar-refractivity contribution in [2.45, 2.75) is 12.8 Å². The molecule has 1 aliphatic rings. The van der Waals surface area contributed by atoms with Crippen molar-refractivity contribution in [3.05, 3.63) is 66.6 Å². The first-order valence-corrected chi connectivity index (χ1v) is 10.5. The van der Waals surface area contributed by atoms with Gasteiger partial charge in [0.15, 0.2) is 5.58 Å². The number of fused-ring (bicyclic) bond motifs is 1. The number of hydrogen-bond acceptors (Lipinski definition) is 6. The molecule has 0 spiro atoms. The summed E-state index contributed by atoms with van der Waals surface area (Å²) < 4.78 is 12.1. The minimum atomic E-state index is 0.386. The van der Waals surface area contributed by atoms with Crippen molar-refractivity contribution < 1.29 is 9.15 Å². The van der Waals surface area contributed by atoms with E-state index >= 15 is 0 Å². The van der Waals surface area contributed by atoms with Crippen LogP contribution < -0.4 is 4.74 Å². The predicted molar refractivity (Wildman–Crippen MR) is 119 cm³/mol. The average Bonchev–Trinajstić information content (AvgIpc) is 3.49. The molecule has 0 aliphatic carbocycles. The molecule has 0 N–H and O–H groups in total. The highest BCUT2D eigenvalue weighted by molar-refractivity contribution is 5.92. The summed E-state index contributed by atoms with van der Waals surface area (Å²) in [6, 6.07) is 17.4. The second-order valence-electron chi connectivity index (χ2n) is 7.65. The summed E-state index contributed by atoms with van der Waals surface area (Å²) in [6.07, 6.45) is 6.03. The molecule has 0 bridgehead atoms. The molecule has 4 heterocycles. The normalized spacial score (nSPS) is 14.0. The van der Waals surface area contributed by atoms with Crippen molar-refractivity contribution in [2.75, 3.05) is 26.2 Å². The number of rotatable bonds is 6. The number of nitrogens with zero attached hydrogens (tertiary/aromatic N) is 4. The fourth-order valence-corrected chi connectivity index (χ4v) is 3.94. The van der Waals surface area contributed by atoms with E-state index in [0.717, 1.165) is 40.3 Å². The summed E-state index contributed by atoms with van der Waals surface area (Å²) >= 11 is 0. The Morgan fingerprint density at radius 1 is 1.00 bits per heavy atom. The van der Waals surface area contributed by atoms with E-state index < -0.39 is 0 Å². The molecule has 31 heavy (non-hydrogen) atoms. The van der Waals surface area contributed by atoms with Crippen LogP contribution in [0.15, 0.2) is 65.3 Å². The minimum absolute atomic E-state index is 0.386. The second-order valence-corrected chi connectivity index (χ2v) is 7.65. The maximum atomic E-state index is 8.96. The lowest BCUT2D eigenvalue weighted by Gasteiger charge is -2.14. The zero-order chi connectivity index (χ0) is 21.0. The summed E-state index contributed by atoms with van der Waals surface area (Å²) in [5, 5.41) is 8.96. The van der Waals surface area contributed by atoms with Gasteiger partial charge in [0.05, 0.1) is 0 Å². The third-order valence-electron chi connectivity index (χ3n) is 5.61. The fourth-order valence-electron chi connectivity index (χ4n) is 3.94. The molecule has 0 amide bonds. The molecule has 154 valence electrons. The first kappa shape index (κ1) is 19.3. The predicted octanol–water partition coefficient (Wildman–Crippen LogP) is 4.90. The maximum absolute atomic E-state index is 8.96. The third-order valence-corrected chi connectivity index (χ3v) is 5.61. The molecule has 0 saturated carbocycles. The zero-order valence-corrected chi connectivity index (χ0v) is 17.1. The van der Waals surface area contributed by atoms with Crippen LogP contribution in [0.4, 0.5) is 0 Å². The number of hydrogen-bond donors (Lipinski definition) is 0. The Kier molecular flexibility index (Phi) is 5.34. The average molecular weight is 410 g/mol. The molecule has 1 aromatic carbocycles. The van der Waals surface area contributed by atoms with Crippen LogP contribution in [0.2, 0.25) is 0 Å². The third kappa shape index (κ3) is 4.14. The molecule has 6 heteroatoms. The molecule has 6 nitrogen and oxygen atoms in total. The number of furan rings is 1. The highest BCUT2D eigenvalue weighted by atomic mass is 16.5. The Labute approximate surface area is 180 Å². The van der Waals surface area contributed by atoms with E-state index in [-0.39, 0.29) is 0 Å². The molecule has 1 saturated heterocycles. The van der Waals surface area contributed by atoms with Gasteiger partial charge in [0.1, 0.15) is 35.4 Å². The van der Waals surface area contributed by atoms with Gasteiger partial charge in [-0.2, -0.15) is 5.26 Å². The number of benzene rings is 1. The van der Waals surface area contributed by atoms with E-state index in [4.69, 9.17) is 14.4 Å². The van der Waals surface area contributed by atoms with Crippen LogP contribution >= 0.6 is 0 Å². The smallest absolute Gasteiger partial charge is 0.161 e. The molecular weight excluding hydrogens is 388 g/mol. The number of nitriles is 1. The highest BCUT2D eigenvalue weighted by Crippen LogP contribution is 2.33. The van der Waals surface area contributed by atoms with Crippen LogP contribution in [0, 0.1) is 11.3 Å². The van der Waals surface area contributed by atoms with Crippen LogP contribution in [0.3, 0.4) is 0 Å². The molecule has 1 aliphatic heterocycles. The highest BCUT2D eigenvalue weighted by Gasteiger charge is 2.14. The van der Waals surface area contributed by atoms with Gasteiger partial charge in [0.25, 0.3) is 0 Å². The SMILES string of the molecule is N#Cc1ccc(-c2ccnc3cc(-c4ccc(OCCN5CCCC5)cc4)oc23)cn1. The number of likely N-dealkylation sites (tertiary alicyclic amines) is 1. The van der Waals surface area contributed by atoms with Gasteiger partial charge < -0.3 is 9.15 Å². The molecule has 0 atom stereocenters. The maximum Gasteiger partial charge on any atom is 0.161 e. The van der Waals surface area contributed by atoms with Crippen molar-refractivity contribution in [2.24, 2.45) is 0 Å². The van der Waals surface area contributed by atoms with Gasteiger partial charge in [-0.3, -0.25) is 9.88 Å². The van der Waals surface area contributed by atoms with Crippen LogP contribution in [-0.2, 0) is 0 Å². The van der Waals surface area contributed by atoms with Gasteiger partial charge in [0.2, 0.25) is 0 Å². The van der Waals surface area contributed by atoms with Gasteiger partial charge in [-0.15, -0.1) is 0 Å². The summed E-state index contributed by atoms with van der Waals surface area (Å²) in [4.78, 5) is 11.1. The van der Waals surface area contributed by atoms with E-state index in [0.29, 0.717) is 17.9 Å². The van der Waals surface area contributed by atoms with Gasteiger partial charge in [-0.05, 0) is 68.4 Å². The fraction of sp³-hybridized carbons (Fsp3) is 0.240. The molecular formula is C25H22N4O2. The quantitative estimate of drug-likeness (QED) is 0.450. The van der Waals surface area contributed by atoms with E-state index in [1.807, 2.05) is 48.5 Å². The lowest BCUT2D eigenvalue weighted by atomic mass is 10.1. The summed E-state index contributed by atoms with van der Waals surface area (Å²) in [5.41, 5.74) is 4.62. The molecule has 1 fully saturated rings. The minimum Gasteiger partial charge on any atom is -0.492 e. The Balaban J connectivity index is 1.34. The van der Waals surface area contributed by atoms with E-state index in [2.05, 4.69) is 14.9 Å². The van der Waals surface area contributed by atoms with Gasteiger partial charge in [0, 0.05) is 41.7 Å². The van der Waals surface area contributed by atoms with Gasteiger partial charge in [-0.1, -0.05) is 0 Å². The van der Waals surface area contributed by atoms with E-state index in [9.17, 15) is 0 Å². The molecule has 3 aromatic heterocycles. The number of pyridine rings is 2. The summed E-state index contributed by atoms with van der Waals surface area (Å²) in [7, 11) is 0. The lowest BCUT2D eigenvalue weighted by molar-refractivity contribution is 0.238. The van der Waals surface area contributed by atoms with Crippen LogP contribution in [0.1, 0.15) is 18.5 Å². The summed E-state index contributed by atoms with van der Waals surface area (Å²) in [5.74, 6) is 1.61. The van der Waals surface area contributed by atoms with E-state index in [1.165, 1.54) is 25.9 Å². The van der Waals surface area contributed by atoms with Crippen molar-refractivity contribution >= 4 is 11.1 Å². The van der Waals surface area contributed by atoms with Crippen LogP contribution in [0.5, 0.6) is 5.75 Å². The Morgan fingerprint density at radius 3 is 2.55 bits per heavy atom. The lowest BCUT2D eigenvalue weighted by Crippen LogP contribution is -2.25. The standard InChI is InChI=1S/C25H22N4O2/c26-16-20-6-3-19(17-28-20)22-9-10-27-23-15-24(31-25(22)23)18-4-7-21(8-5-18)30-14-13-29-11-1-2-12-29/h3-10,15,17H,1-2,11-14H2. The van der Waals surface area contributed by atoms with Crippen molar-refractivity contribution in [1.29, 1.82) is 5.26 Å². The second kappa shape index (κ2) is 8.58. The Hall–Kier alpha value is -3.69. The number of ether oxygens (including phenoxy) is 1. The molecule has 0 radical (unpaired) electrons. The van der Waals surface area contributed by atoms with E-state index in [1.54, 1.807) is 18.5 Å². The number of aromatic nitrogens is 2. The van der Waals surface area contributed by atoms with Crippen molar-refractivity contribution in [3.63, 3.8) is 0 Å². The van der Waals surface area contributed by atoms with Crippen LogP contribution in [0.25, 0.3) is 33.6 Å². The van der Waals surface area contributed by atoms with Gasteiger partial charge in [-0.25, -0.2) is 4.98 Å². The van der Waals surface area contributed by atoms with Crippen molar-refractivity contribution in [3.8, 4) is 34.3 Å². The molecule has 0 unspecified atom stereocenters. The zero-order valence-electron chi connectivity index (χ0n) is 17.1. The van der Waals surface area contributed by atoms with Crippen LogP contribution in [-0.4, -0.2) is 41.1 Å². The van der Waals surface area contributed by atoms with Gasteiger partial charge >= 0.3 is 0 Å². The molecule has 4 aromatic rings. The molecule has 5 rings (SSSR count). The summed E-state index contributed by atoms with van der Waals surface area (Å²) in [6.45, 7) is 4.05. The topological polar surface area (TPSA) is 75.2 Å². The first-order chi connectivity index (χ1) is 15.3. The largest absolute Gasteiger partial charge is 0.492 e. The Bertz CT molecular complexity index is 1220. The van der Waals surface area contributed by atoms with Crippen molar-refractivity contribution in [1.82, 2.24) is 14.9 Å². The first-order valence-electron chi connectivity index (χ1n) is 10.5. The monoisotopic (exact) mass is 410 g/mol. The Morgan fingerprint density at radius 2 is 1.81 bits per heavy atom.